The van der Waals surface area contributed by atoms with Crippen LogP contribution in [0.3, 0.4) is 0 Å². The van der Waals surface area contributed by atoms with Crippen molar-refractivity contribution in [3.05, 3.63) is 18.5 Å². The topological polar surface area (TPSA) is 72.9 Å². The SMILES string of the molecule is C[C@@H](NCCC(N)=O)[C@H](C)n1cccn1. The summed E-state index contributed by atoms with van der Waals surface area (Å²) in [6.45, 7) is 4.75. The molecule has 2 atom stereocenters. The van der Waals surface area contributed by atoms with Crippen LogP contribution < -0.4 is 11.1 Å². The monoisotopic (exact) mass is 210 g/mol. The highest BCUT2D eigenvalue weighted by atomic mass is 16.1. The molecule has 84 valence electrons. The van der Waals surface area contributed by atoms with Gasteiger partial charge in [-0.3, -0.25) is 9.48 Å². The van der Waals surface area contributed by atoms with E-state index in [1.165, 1.54) is 0 Å². The van der Waals surface area contributed by atoms with Crippen LogP contribution >= 0.6 is 0 Å². The van der Waals surface area contributed by atoms with Crippen molar-refractivity contribution in [1.82, 2.24) is 15.1 Å². The van der Waals surface area contributed by atoms with Crippen molar-refractivity contribution >= 4 is 5.91 Å². The lowest BCUT2D eigenvalue weighted by atomic mass is 10.1. The summed E-state index contributed by atoms with van der Waals surface area (Å²) < 4.78 is 1.89. The van der Waals surface area contributed by atoms with Crippen molar-refractivity contribution in [3.63, 3.8) is 0 Å². The molecule has 0 aliphatic rings. The number of rotatable bonds is 6. The Labute approximate surface area is 89.6 Å². The van der Waals surface area contributed by atoms with Gasteiger partial charge in [0.1, 0.15) is 0 Å². The van der Waals surface area contributed by atoms with Gasteiger partial charge in [0.25, 0.3) is 0 Å². The Morgan fingerprint density at radius 1 is 1.60 bits per heavy atom. The van der Waals surface area contributed by atoms with Crippen molar-refractivity contribution in [2.24, 2.45) is 5.73 Å². The normalized spacial score (nSPS) is 14.8. The van der Waals surface area contributed by atoms with Crippen molar-refractivity contribution in [3.8, 4) is 0 Å². The number of nitrogens with zero attached hydrogens (tertiary/aromatic N) is 2. The maximum atomic E-state index is 10.5. The molecule has 0 bridgehead atoms. The molecule has 0 aliphatic heterocycles. The molecular formula is C10H18N4O. The van der Waals surface area contributed by atoms with Gasteiger partial charge in [-0.1, -0.05) is 0 Å². The lowest BCUT2D eigenvalue weighted by Gasteiger charge is -2.21. The van der Waals surface area contributed by atoms with Crippen LogP contribution in [0.1, 0.15) is 26.3 Å². The van der Waals surface area contributed by atoms with E-state index in [1.807, 2.05) is 16.9 Å². The Balaban J connectivity index is 2.33. The fourth-order valence-electron chi connectivity index (χ4n) is 1.34. The second kappa shape index (κ2) is 5.50. The van der Waals surface area contributed by atoms with Gasteiger partial charge in [0.15, 0.2) is 0 Å². The highest BCUT2D eigenvalue weighted by molar-refractivity contribution is 5.73. The first-order valence-electron chi connectivity index (χ1n) is 5.12. The Morgan fingerprint density at radius 2 is 2.33 bits per heavy atom. The molecule has 0 unspecified atom stereocenters. The number of amides is 1. The quantitative estimate of drug-likeness (QED) is 0.709. The second-order valence-corrected chi connectivity index (χ2v) is 3.69. The molecule has 1 rings (SSSR count). The highest BCUT2D eigenvalue weighted by Gasteiger charge is 2.13. The van der Waals surface area contributed by atoms with Crippen LogP contribution in [0.4, 0.5) is 0 Å². The van der Waals surface area contributed by atoms with Crippen molar-refractivity contribution in [2.45, 2.75) is 32.4 Å². The standard InChI is InChI=1S/C10H18N4O/c1-8(12-6-4-10(11)15)9(2)14-7-3-5-13-14/h3,5,7-9,12H,4,6H2,1-2H3,(H2,11,15)/t8-,9+/m1/s1. The summed E-state index contributed by atoms with van der Waals surface area (Å²) in [5.74, 6) is -0.276. The van der Waals surface area contributed by atoms with Crippen molar-refractivity contribution in [2.75, 3.05) is 6.54 Å². The first-order valence-corrected chi connectivity index (χ1v) is 5.12. The van der Waals surface area contributed by atoms with Gasteiger partial charge in [-0.05, 0) is 19.9 Å². The molecule has 1 aromatic heterocycles. The van der Waals surface area contributed by atoms with E-state index in [0.29, 0.717) is 13.0 Å². The van der Waals surface area contributed by atoms with E-state index in [9.17, 15) is 4.79 Å². The van der Waals surface area contributed by atoms with Gasteiger partial charge in [0, 0.05) is 31.4 Å². The maximum Gasteiger partial charge on any atom is 0.218 e. The van der Waals surface area contributed by atoms with Crippen LogP contribution in [-0.4, -0.2) is 28.3 Å². The first kappa shape index (κ1) is 11.7. The lowest BCUT2D eigenvalue weighted by Crippen LogP contribution is -2.35. The Kier molecular flexibility index (Phi) is 4.30. The number of hydrogen-bond acceptors (Lipinski definition) is 3. The van der Waals surface area contributed by atoms with Crippen LogP contribution in [0, 0.1) is 0 Å². The van der Waals surface area contributed by atoms with Crippen LogP contribution in [0.2, 0.25) is 0 Å². The number of primary amides is 1. The molecule has 0 spiro atoms. The molecule has 0 radical (unpaired) electrons. The molecule has 1 aromatic rings. The van der Waals surface area contributed by atoms with Crippen LogP contribution in [0.15, 0.2) is 18.5 Å². The average molecular weight is 210 g/mol. The molecule has 0 fully saturated rings. The number of carbonyl (C=O) groups excluding carboxylic acids is 1. The first-order chi connectivity index (χ1) is 7.11. The van der Waals surface area contributed by atoms with Gasteiger partial charge in [0.2, 0.25) is 5.91 Å². The Bertz CT molecular complexity index is 296. The smallest absolute Gasteiger partial charge is 0.218 e. The number of hydrogen-bond donors (Lipinski definition) is 2. The van der Waals surface area contributed by atoms with Gasteiger partial charge in [0.05, 0.1) is 6.04 Å². The molecule has 0 saturated heterocycles. The third-order valence-electron chi connectivity index (χ3n) is 2.50. The Morgan fingerprint density at radius 3 is 2.87 bits per heavy atom. The average Bonchev–Trinajstić information content (AvgIpc) is 2.68. The summed E-state index contributed by atoms with van der Waals surface area (Å²) in [4.78, 5) is 10.5. The minimum absolute atomic E-state index is 0.254. The number of nitrogens with one attached hydrogen (secondary N) is 1. The van der Waals surface area contributed by atoms with E-state index >= 15 is 0 Å². The number of aromatic nitrogens is 2. The second-order valence-electron chi connectivity index (χ2n) is 3.69. The Hall–Kier alpha value is -1.36. The number of nitrogens with two attached hydrogens (primary N) is 1. The lowest BCUT2D eigenvalue weighted by molar-refractivity contribution is -0.117. The molecule has 5 heteroatoms. The summed E-state index contributed by atoms with van der Waals surface area (Å²) in [6.07, 6.45) is 4.06. The summed E-state index contributed by atoms with van der Waals surface area (Å²) >= 11 is 0. The predicted molar refractivity (Wildman–Crippen MR) is 58.2 cm³/mol. The van der Waals surface area contributed by atoms with Crippen LogP contribution in [0.5, 0.6) is 0 Å². The zero-order chi connectivity index (χ0) is 11.3. The van der Waals surface area contributed by atoms with E-state index < -0.39 is 0 Å². The highest BCUT2D eigenvalue weighted by Crippen LogP contribution is 2.08. The van der Waals surface area contributed by atoms with E-state index in [4.69, 9.17) is 5.73 Å². The molecule has 3 N–H and O–H groups in total. The van der Waals surface area contributed by atoms with Crippen molar-refractivity contribution < 1.29 is 4.79 Å². The zero-order valence-corrected chi connectivity index (χ0v) is 9.18. The molecule has 1 amide bonds. The molecule has 0 saturated carbocycles. The summed E-state index contributed by atoms with van der Waals surface area (Å²) in [5.41, 5.74) is 5.05. The minimum Gasteiger partial charge on any atom is -0.370 e. The number of carbonyl (C=O) groups is 1. The zero-order valence-electron chi connectivity index (χ0n) is 9.18. The maximum absolute atomic E-state index is 10.5. The van der Waals surface area contributed by atoms with Crippen molar-refractivity contribution in [1.29, 1.82) is 0 Å². The fourth-order valence-corrected chi connectivity index (χ4v) is 1.34. The van der Waals surface area contributed by atoms with Gasteiger partial charge in [-0.25, -0.2) is 0 Å². The third-order valence-corrected chi connectivity index (χ3v) is 2.50. The largest absolute Gasteiger partial charge is 0.370 e. The van der Waals surface area contributed by atoms with Crippen LogP contribution in [-0.2, 0) is 4.79 Å². The molecule has 0 aliphatic carbocycles. The van der Waals surface area contributed by atoms with E-state index in [-0.39, 0.29) is 18.0 Å². The van der Waals surface area contributed by atoms with Crippen LogP contribution in [0.25, 0.3) is 0 Å². The molecular weight excluding hydrogens is 192 g/mol. The third kappa shape index (κ3) is 3.71. The summed E-state index contributed by atoms with van der Waals surface area (Å²) in [6, 6.07) is 2.41. The van der Waals surface area contributed by atoms with Gasteiger partial charge in [-0.15, -0.1) is 0 Å². The van der Waals surface area contributed by atoms with Gasteiger partial charge < -0.3 is 11.1 Å². The predicted octanol–water partition coefficient (Wildman–Crippen LogP) is 0.298. The molecule has 15 heavy (non-hydrogen) atoms. The molecule has 0 aromatic carbocycles. The van der Waals surface area contributed by atoms with Gasteiger partial charge in [-0.2, -0.15) is 5.10 Å². The fraction of sp³-hybridized carbons (Fsp3) is 0.600. The van der Waals surface area contributed by atoms with E-state index in [2.05, 4.69) is 24.3 Å². The molecule has 5 nitrogen and oxygen atoms in total. The molecule has 1 heterocycles. The summed E-state index contributed by atoms with van der Waals surface area (Å²) in [7, 11) is 0. The van der Waals surface area contributed by atoms with E-state index in [0.717, 1.165) is 0 Å². The van der Waals surface area contributed by atoms with E-state index in [1.54, 1.807) is 6.20 Å². The van der Waals surface area contributed by atoms with Gasteiger partial charge >= 0.3 is 0 Å². The minimum atomic E-state index is -0.276. The summed E-state index contributed by atoms with van der Waals surface area (Å²) in [5, 5.41) is 7.41.